The number of nitro groups is 1. The van der Waals surface area contributed by atoms with Crippen LogP contribution in [-0.2, 0) is 0 Å². The Morgan fingerprint density at radius 1 is 1.41 bits per heavy atom. The van der Waals surface area contributed by atoms with Crippen LogP contribution in [0.4, 0.5) is 11.5 Å². The highest BCUT2D eigenvalue weighted by molar-refractivity contribution is 5.61. The molecule has 1 aromatic heterocycles. The van der Waals surface area contributed by atoms with Gasteiger partial charge in [0.05, 0.1) is 11.5 Å². The number of rotatable bonds is 6. The van der Waals surface area contributed by atoms with Gasteiger partial charge in [-0.05, 0) is 24.7 Å². The molecule has 2 atom stereocenters. The van der Waals surface area contributed by atoms with Gasteiger partial charge in [-0.2, -0.15) is 4.98 Å². The predicted octanol–water partition coefficient (Wildman–Crippen LogP) is 3.41. The summed E-state index contributed by atoms with van der Waals surface area (Å²) in [4.78, 5) is 19.0. The fourth-order valence-electron chi connectivity index (χ4n) is 2.69. The van der Waals surface area contributed by atoms with E-state index in [1.807, 2.05) is 13.8 Å². The lowest BCUT2D eigenvalue weighted by molar-refractivity contribution is -0.385. The molecule has 2 rings (SSSR count). The molecule has 0 radical (unpaired) electrons. The van der Waals surface area contributed by atoms with Crippen molar-refractivity contribution < 1.29 is 9.66 Å². The summed E-state index contributed by atoms with van der Waals surface area (Å²) in [6.45, 7) is 6.52. The van der Waals surface area contributed by atoms with Gasteiger partial charge >= 0.3 is 5.69 Å². The van der Waals surface area contributed by atoms with Gasteiger partial charge in [0.15, 0.2) is 0 Å². The van der Waals surface area contributed by atoms with E-state index in [0.29, 0.717) is 12.5 Å². The number of aromatic nitrogens is 2. The van der Waals surface area contributed by atoms with Crippen molar-refractivity contribution in [2.45, 2.75) is 52.5 Å². The van der Waals surface area contributed by atoms with E-state index in [1.165, 1.54) is 12.7 Å². The molecule has 1 fully saturated rings. The Kier molecular flexibility index (Phi) is 5.51. The fraction of sp³-hybridized carbons (Fsp3) is 0.733. The fourth-order valence-corrected chi connectivity index (χ4v) is 2.69. The minimum atomic E-state index is -0.467. The van der Waals surface area contributed by atoms with Crippen molar-refractivity contribution in [3.05, 3.63) is 16.4 Å². The van der Waals surface area contributed by atoms with E-state index < -0.39 is 4.92 Å². The van der Waals surface area contributed by atoms with Gasteiger partial charge in [-0.1, -0.05) is 33.6 Å². The maximum atomic E-state index is 11.4. The monoisotopic (exact) mass is 308 g/mol. The maximum Gasteiger partial charge on any atom is 0.372 e. The third kappa shape index (κ3) is 4.05. The van der Waals surface area contributed by atoms with Crippen molar-refractivity contribution in [3.8, 4) is 5.88 Å². The van der Waals surface area contributed by atoms with Crippen molar-refractivity contribution in [3.63, 3.8) is 0 Å². The molecule has 1 aromatic rings. The lowest BCUT2D eigenvalue weighted by Gasteiger charge is -2.29. The topological polar surface area (TPSA) is 90.2 Å². The van der Waals surface area contributed by atoms with Gasteiger partial charge in [0.1, 0.15) is 6.33 Å². The van der Waals surface area contributed by atoms with Gasteiger partial charge in [0, 0.05) is 6.04 Å². The van der Waals surface area contributed by atoms with Crippen LogP contribution in [0, 0.1) is 22.0 Å². The van der Waals surface area contributed by atoms with Gasteiger partial charge < -0.3 is 10.1 Å². The zero-order valence-corrected chi connectivity index (χ0v) is 13.4. The largest absolute Gasteiger partial charge is 0.472 e. The molecule has 122 valence electrons. The quantitative estimate of drug-likeness (QED) is 0.639. The number of hydrogen-bond donors (Lipinski definition) is 1. The lowest BCUT2D eigenvalue weighted by Crippen LogP contribution is -2.31. The van der Waals surface area contributed by atoms with Gasteiger partial charge in [0.2, 0.25) is 5.82 Å². The van der Waals surface area contributed by atoms with E-state index in [4.69, 9.17) is 4.74 Å². The third-order valence-electron chi connectivity index (χ3n) is 3.96. The maximum absolute atomic E-state index is 11.4. The summed E-state index contributed by atoms with van der Waals surface area (Å²) in [6.07, 6.45) is 5.81. The average molecular weight is 308 g/mol. The number of nitrogens with zero attached hydrogens (tertiary/aromatic N) is 3. The summed E-state index contributed by atoms with van der Waals surface area (Å²) in [6, 6.07) is 0.209. The van der Waals surface area contributed by atoms with Gasteiger partial charge in [-0.3, -0.25) is 10.1 Å². The first kappa shape index (κ1) is 16.5. The molecule has 0 aliphatic heterocycles. The predicted molar refractivity (Wildman–Crippen MR) is 84.1 cm³/mol. The minimum absolute atomic E-state index is 0.0414. The molecule has 7 nitrogen and oxygen atoms in total. The second-order valence-corrected chi connectivity index (χ2v) is 6.35. The van der Waals surface area contributed by atoms with E-state index in [2.05, 4.69) is 22.2 Å². The SMILES string of the molecule is CC(C)COc1ncnc(NC2CCCCC2C)c1[N+](=O)[O-]. The second-order valence-electron chi connectivity index (χ2n) is 6.35. The highest BCUT2D eigenvalue weighted by Crippen LogP contribution is 2.34. The van der Waals surface area contributed by atoms with E-state index in [9.17, 15) is 10.1 Å². The Bertz CT molecular complexity index is 522. The number of nitrogens with one attached hydrogen (secondary N) is 1. The van der Waals surface area contributed by atoms with Crippen molar-refractivity contribution in [1.82, 2.24) is 9.97 Å². The van der Waals surface area contributed by atoms with Crippen LogP contribution < -0.4 is 10.1 Å². The zero-order chi connectivity index (χ0) is 16.1. The molecule has 1 saturated carbocycles. The third-order valence-corrected chi connectivity index (χ3v) is 3.96. The van der Waals surface area contributed by atoms with Crippen LogP contribution in [0.3, 0.4) is 0 Å². The van der Waals surface area contributed by atoms with E-state index >= 15 is 0 Å². The molecule has 1 aliphatic rings. The van der Waals surface area contributed by atoms with Crippen LogP contribution in [0.2, 0.25) is 0 Å². The van der Waals surface area contributed by atoms with E-state index in [-0.39, 0.29) is 29.3 Å². The van der Waals surface area contributed by atoms with Crippen LogP contribution in [0.1, 0.15) is 46.5 Å². The van der Waals surface area contributed by atoms with E-state index in [0.717, 1.165) is 19.3 Å². The highest BCUT2D eigenvalue weighted by atomic mass is 16.6. The van der Waals surface area contributed by atoms with Crippen LogP contribution in [-0.4, -0.2) is 27.5 Å². The lowest BCUT2D eigenvalue weighted by atomic mass is 9.86. The number of anilines is 1. The Morgan fingerprint density at radius 2 is 2.14 bits per heavy atom. The molecule has 22 heavy (non-hydrogen) atoms. The summed E-state index contributed by atoms with van der Waals surface area (Å²) in [5.41, 5.74) is -0.166. The molecule has 0 amide bonds. The smallest absolute Gasteiger partial charge is 0.372 e. The molecular weight excluding hydrogens is 284 g/mol. The van der Waals surface area contributed by atoms with Crippen LogP contribution in [0.15, 0.2) is 6.33 Å². The average Bonchev–Trinajstić information content (AvgIpc) is 2.47. The Balaban J connectivity index is 2.22. The standard InChI is InChI=1S/C15H24N4O3/c1-10(2)8-22-15-13(19(20)21)14(16-9-17-15)18-12-7-5-4-6-11(12)3/h9-12H,4-8H2,1-3H3,(H,16,17,18). The Labute approximate surface area is 130 Å². The summed E-state index contributed by atoms with van der Waals surface area (Å²) >= 11 is 0. The van der Waals surface area contributed by atoms with Crippen molar-refractivity contribution in [1.29, 1.82) is 0 Å². The molecular formula is C15H24N4O3. The molecule has 1 N–H and O–H groups in total. The molecule has 0 spiro atoms. The number of hydrogen-bond acceptors (Lipinski definition) is 6. The van der Waals surface area contributed by atoms with Gasteiger partial charge in [-0.15, -0.1) is 0 Å². The molecule has 1 aliphatic carbocycles. The molecule has 7 heteroatoms. The Morgan fingerprint density at radius 3 is 2.77 bits per heavy atom. The first-order chi connectivity index (χ1) is 10.5. The van der Waals surface area contributed by atoms with Crippen LogP contribution in [0.25, 0.3) is 0 Å². The van der Waals surface area contributed by atoms with E-state index in [1.54, 1.807) is 0 Å². The summed E-state index contributed by atoms with van der Waals surface area (Å²) in [5.74, 6) is 1.05. The van der Waals surface area contributed by atoms with Gasteiger partial charge in [-0.25, -0.2) is 4.98 Å². The van der Waals surface area contributed by atoms with Crippen molar-refractivity contribution in [2.24, 2.45) is 11.8 Å². The summed E-state index contributed by atoms with van der Waals surface area (Å²) in [7, 11) is 0. The number of ether oxygens (including phenoxy) is 1. The summed E-state index contributed by atoms with van der Waals surface area (Å²) in [5, 5.41) is 14.7. The summed E-state index contributed by atoms with van der Waals surface area (Å²) < 4.78 is 5.48. The second kappa shape index (κ2) is 7.38. The highest BCUT2D eigenvalue weighted by Gasteiger charge is 2.29. The van der Waals surface area contributed by atoms with Crippen molar-refractivity contribution in [2.75, 3.05) is 11.9 Å². The van der Waals surface area contributed by atoms with Gasteiger partial charge in [0.25, 0.3) is 5.88 Å². The minimum Gasteiger partial charge on any atom is -0.472 e. The normalized spacial score (nSPS) is 21.6. The zero-order valence-electron chi connectivity index (χ0n) is 13.4. The molecule has 0 saturated heterocycles. The van der Waals surface area contributed by atoms with Crippen molar-refractivity contribution >= 4 is 11.5 Å². The molecule has 1 heterocycles. The first-order valence-corrected chi connectivity index (χ1v) is 7.87. The molecule has 2 unspecified atom stereocenters. The first-order valence-electron chi connectivity index (χ1n) is 7.87. The molecule has 0 aromatic carbocycles. The van der Waals surface area contributed by atoms with Crippen LogP contribution >= 0.6 is 0 Å². The molecule has 0 bridgehead atoms. The Hall–Kier alpha value is -1.92. The van der Waals surface area contributed by atoms with Crippen LogP contribution in [0.5, 0.6) is 5.88 Å².